The van der Waals surface area contributed by atoms with Gasteiger partial charge in [-0.1, -0.05) is 26.2 Å². The van der Waals surface area contributed by atoms with Crippen molar-refractivity contribution in [3.63, 3.8) is 0 Å². The first-order chi connectivity index (χ1) is 9.91. The zero-order valence-electron chi connectivity index (χ0n) is 13.4. The molecule has 0 bridgehead atoms. The molecule has 6 heteroatoms. The minimum atomic E-state index is -0.326. The second kappa shape index (κ2) is 6.45. The second-order valence-electron chi connectivity index (χ2n) is 6.48. The molecule has 1 heterocycles. The zero-order valence-corrected chi connectivity index (χ0v) is 13.4. The number of nitro groups is 1. The van der Waals surface area contributed by atoms with E-state index in [1.54, 1.807) is 11.6 Å². The van der Waals surface area contributed by atoms with Gasteiger partial charge in [-0.3, -0.25) is 10.1 Å². The molecule has 0 aliphatic heterocycles. The summed E-state index contributed by atoms with van der Waals surface area (Å²) < 4.78 is 1.74. The highest BCUT2D eigenvalue weighted by atomic mass is 16.6. The Hall–Kier alpha value is -1.59. The lowest BCUT2D eigenvalue weighted by Crippen LogP contribution is -2.25. The molecule has 6 nitrogen and oxygen atoms in total. The zero-order chi connectivity index (χ0) is 15.6. The average Bonchev–Trinajstić information content (AvgIpc) is 2.75. The molecule has 1 N–H and O–H groups in total. The predicted octanol–water partition coefficient (Wildman–Crippen LogP) is 3.92. The van der Waals surface area contributed by atoms with Crippen LogP contribution in [-0.4, -0.2) is 21.2 Å². The molecule has 1 fully saturated rings. The minimum absolute atomic E-state index is 0.101. The van der Waals surface area contributed by atoms with E-state index in [9.17, 15) is 10.1 Å². The van der Waals surface area contributed by atoms with E-state index in [4.69, 9.17) is 0 Å². The second-order valence-corrected chi connectivity index (χ2v) is 6.48. The summed E-state index contributed by atoms with van der Waals surface area (Å²) in [5, 5.41) is 19.0. The number of aryl methyl sites for hydroxylation is 1. The van der Waals surface area contributed by atoms with E-state index in [2.05, 4.69) is 17.3 Å². The minimum Gasteiger partial charge on any atom is -0.364 e. The van der Waals surface area contributed by atoms with E-state index in [1.165, 1.54) is 25.7 Å². The quantitative estimate of drug-likeness (QED) is 0.660. The first kappa shape index (κ1) is 15.8. The van der Waals surface area contributed by atoms with Crippen LogP contribution in [0.5, 0.6) is 0 Å². The van der Waals surface area contributed by atoms with Crippen LogP contribution in [0.25, 0.3) is 0 Å². The van der Waals surface area contributed by atoms with Crippen molar-refractivity contribution < 1.29 is 4.92 Å². The van der Waals surface area contributed by atoms with Gasteiger partial charge in [-0.05, 0) is 39.0 Å². The predicted molar refractivity (Wildman–Crippen MR) is 83.6 cm³/mol. The van der Waals surface area contributed by atoms with Crippen molar-refractivity contribution in [2.45, 2.75) is 59.4 Å². The number of anilines is 1. The summed E-state index contributed by atoms with van der Waals surface area (Å²) >= 11 is 0. The Kier molecular flexibility index (Phi) is 4.85. The number of hydrogen-bond donors (Lipinski definition) is 1. The molecule has 0 saturated heterocycles. The van der Waals surface area contributed by atoms with Crippen molar-refractivity contribution in [2.24, 2.45) is 11.8 Å². The van der Waals surface area contributed by atoms with E-state index >= 15 is 0 Å². The number of aromatic nitrogens is 2. The first-order valence-electron chi connectivity index (χ1n) is 7.89. The third kappa shape index (κ3) is 3.36. The van der Waals surface area contributed by atoms with Gasteiger partial charge in [-0.25, -0.2) is 4.68 Å². The van der Waals surface area contributed by atoms with Crippen LogP contribution in [0.3, 0.4) is 0 Å². The lowest BCUT2D eigenvalue weighted by molar-refractivity contribution is -0.384. The van der Waals surface area contributed by atoms with Gasteiger partial charge >= 0.3 is 5.69 Å². The Morgan fingerprint density at radius 3 is 2.67 bits per heavy atom. The lowest BCUT2D eigenvalue weighted by atomic mass is 9.80. The van der Waals surface area contributed by atoms with Crippen LogP contribution in [0, 0.1) is 28.9 Å². The summed E-state index contributed by atoms with van der Waals surface area (Å²) in [4.78, 5) is 11.0. The third-order valence-corrected chi connectivity index (χ3v) is 4.55. The molecule has 0 aromatic carbocycles. The van der Waals surface area contributed by atoms with E-state index in [-0.39, 0.29) is 16.7 Å². The molecule has 1 aliphatic rings. The molecule has 0 spiro atoms. The van der Waals surface area contributed by atoms with Crippen LogP contribution in [0.1, 0.15) is 58.2 Å². The highest BCUT2D eigenvalue weighted by Gasteiger charge is 2.28. The summed E-state index contributed by atoms with van der Waals surface area (Å²) in [5.41, 5.74) is 0.597. The van der Waals surface area contributed by atoms with Gasteiger partial charge in [0.1, 0.15) is 5.69 Å². The molecule has 1 aromatic rings. The Morgan fingerprint density at radius 1 is 1.43 bits per heavy atom. The van der Waals surface area contributed by atoms with Crippen molar-refractivity contribution in [1.29, 1.82) is 0 Å². The van der Waals surface area contributed by atoms with Crippen molar-refractivity contribution in [3.05, 3.63) is 15.8 Å². The molecule has 2 atom stereocenters. The highest BCUT2D eigenvalue weighted by Crippen LogP contribution is 2.33. The standard InChI is InChI=1S/C15H26N4O2/c1-10(2)18-15(14(19(20)21)12(4)17-18)16-9-13-8-6-5-7-11(13)3/h10-11,13,16H,5-9H2,1-4H3. The molecule has 1 aliphatic carbocycles. The normalized spacial score (nSPS) is 22.5. The monoisotopic (exact) mass is 294 g/mol. The van der Waals surface area contributed by atoms with Crippen LogP contribution in [-0.2, 0) is 0 Å². The molecule has 1 saturated carbocycles. The van der Waals surface area contributed by atoms with Gasteiger partial charge in [0.25, 0.3) is 0 Å². The Morgan fingerprint density at radius 2 is 2.10 bits per heavy atom. The van der Waals surface area contributed by atoms with Gasteiger partial charge in [-0.2, -0.15) is 5.10 Å². The van der Waals surface area contributed by atoms with Gasteiger partial charge in [0.05, 0.1) is 4.92 Å². The SMILES string of the molecule is Cc1nn(C(C)C)c(NCC2CCCCC2C)c1[N+](=O)[O-]. The Labute approximate surface area is 126 Å². The van der Waals surface area contributed by atoms with Crippen LogP contribution in [0.15, 0.2) is 0 Å². The number of nitrogens with one attached hydrogen (secondary N) is 1. The number of hydrogen-bond acceptors (Lipinski definition) is 4. The van der Waals surface area contributed by atoms with Crippen molar-refractivity contribution >= 4 is 11.5 Å². The number of nitrogens with zero attached hydrogens (tertiary/aromatic N) is 3. The van der Waals surface area contributed by atoms with Gasteiger partial charge < -0.3 is 5.32 Å². The molecule has 2 rings (SSSR count). The molecular formula is C15H26N4O2. The Balaban J connectivity index is 2.19. The summed E-state index contributed by atoms with van der Waals surface area (Å²) in [6.45, 7) is 8.76. The highest BCUT2D eigenvalue weighted by molar-refractivity contribution is 5.59. The van der Waals surface area contributed by atoms with Crippen LogP contribution >= 0.6 is 0 Å². The van der Waals surface area contributed by atoms with Crippen molar-refractivity contribution in [1.82, 2.24) is 9.78 Å². The maximum absolute atomic E-state index is 11.3. The number of rotatable bonds is 5. The molecule has 0 amide bonds. The van der Waals surface area contributed by atoms with Gasteiger partial charge in [0.2, 0.25) is 5.82 Å². The fourth-order valence-electron chi connectivity index (χ4n) is 3.22. The first-order valence-corrected chi connectivity index (χ1v) is 7.89. The molecular weight excluding hydrogens is 268 g/mol. The maximum atomic E-state index is 11.3. The molecule has 21 heavy (non-hydrogen) atoms. The summed E-state index contributed by atoms with van der Waals surface area (Å²) in [5.74, 6) is 1.83. The van der Waals surface area contributed by atoms with Crippen molar-refractivity contribution in [2.75, 3.05) is 11.9 Å². The smallest absolute Gasteiger partial charge is 0.333 e. The maximum Gasteiger partial charge on any atom is 0.333 e. The van der Waals surface area contributed by atoms with Gasteiger partial charge in [-0.15, -0.1) is 0 Å². The van der Waals surface area contributed by atoms with Gasteiger partial charge in [0, 0.05) is 12.6 Å². The summed E-state index contributed by atoms with van der Waals surface area (Å²) in [6.07, 6.45) is 5.04. The van der Waals surface area contributed by atoms with Crippen LogP contribution < -0.4 is 5.32 Å². The summed E-state index contributed by atoms with van der Waals surface area (Å²) in [7, 11) is 0. The lowest BCUT2D eigenvalue weighted by Gasteiger charge is -2.29. The Bertz CT molecular complexity index is 510. The molecule has 0 radical (unpaired) electrons. The van der Waals surface area contributed by atoms with Crippen LogP contribution in [0.2, 0.25) is 0 Å². The molecule has 118 valence electrons. The van der Waals surface area contributed by atoms with E-state index in [0.717, 1.165) is 6.54 Å². The van der Waals surface area contributed by atoms with E-state index in [0.29, 0.717) is 23.3 Å². The van der Waals surface area contributed by atoms with Crippen molar-refractivity contribution in [3.8, 4) is 0 Å². The third-order valence-electron chi connectivity index (χ3n) is 4.55. The van der Waals surface area contributed by atoms with E-state index in [1.807, 2.05) is 13.8 Å². The van der Waals surface area contributed by atoms with E-state index < -0.39 is 0 Å². The van der Waals surface area contributed by atoms with Gasteiger partial charge in [0.15, 0.2) is 0 Å². The largest absolute Gasteiger partial charge is 0.364 e. The topological polar surface area (TPSA) is 73.0 Å². The fraction of sp³-hybridized carbons (Fsp3) is 0.800. The average molecular weight is 294 g/mol. The molecule has 1 aromatic heterocycles. The molecule has 2 unspecified atom stereocenters. The summed E-state index contributed by atoms with van der Waals surface area (Å²) in [6, 6.07) is 0.101. The van der Waals surface area contributed by atoms with Crippen LogP contribution in [0.4, 0.5) is 11.5 Å². The fourth-order valence-corrected chi connectivity index (χ4v) is 3.22.